The molecular weight excluding hydrogens is 272 g/mol. The Kier molecular flexibility index (Phi) is 5.80. The molecule has 0 heterocycles. The minimum atomic E-state index is -4.37. The fourth-order valence-electron chi connectivity index (χ4n) is 2.10. The summed E-state index contributed by atoms with van der Waals surface area (Å²) in [6.07, 6.45) is -3.47. The van der Waals surface area contributed by atoms with Gasteiger partial charge in [-0.2, -0.15) is 13.2 Å². The Morgan fingerprint density at radius 3 is 2.50 bits per heavy atom. The minimum Gasteiger partial charge on any atom is -0.363 e. The zero-order valence-electron chi connectivity index (χ0n) is 11.9. The van der Waals surface area contributed by atoms with Gasteiger partial charge in [0.15, 0.2) is 0 Å². The number of rotatable bonds is 6. The lowest BCUT2D eigenvalue weighted by atomic mass is 10.0. The summed E-state index contributed by atoms with van der Waals surface area (Å²) in [5.41, 5.74) is 0.533. The standard InChI is InChI=1S/C14H20F4N2/c1-4-8-19-10(2)11-6-5-7-12(15)13(11)20(3)9-14(16,17)18/h5-7,10,19H,4,8-9H2,1-3H3. The summed E-state index contributed by atoms with van der Waals surface area (Å²) in [7, 11) is 1.25. The second-order valence-electron chi connectivity index (χ2n) is 4.82. The van der Waals surface area contributed by atoms with E-state index in [1.54, 1.807) is 6.07 Å². The third-order valence-electron chi connectivity index (χ3n) is 2.98. The van der Waals surface area contributed by atoms with E-state index in [1.165, 1.54) is 19.2 Å². The lowest BCUT2D eigenvalue weighted by Crippen LogP contribution is -2.33. The first-order valence-corrected chi connectivity index (χ1v) is 6.56. The van der Waals surface area contributed by atoms with Gasteiger partial charge in [0, 0.05) is 13.1 Å². The van der Waals surface area contributed by atoms with Gasteiger partial charge in [-0.1, -0.05) is 19.1 Å². The van der Waals surface area contributed by atoms with Crippen LogP contribution in [0.2, 0.25) is 0 Å². The third-order valence-corrected chi connectivity index (χ3v) is 2.98. The number of halogens is 4. The van der Waals surface area contributed by atoms with Crippen LogP contribution in [0.25, 0.3) is 0 Å². The van der Waals surface area contributed by atoms with Gasteiger partial charge in [0.1, 0.15) is 12.4 Å². The number of anilines is 1. The van der Waals surface area contributed by atoms with Crippen LogP contribution in [0.1, 0.15) is 31.9 Å². The third kappa shape index (κ3) is 4.67. The summed E-state index contributed by atoms with van der Waals surface area (Å²) >= 11 is 0. The highest BCUT2D eigenvalue weighted by Gasteiger charge is 2.31. The van der Waals surface area contributed by atoms with Crippen molar-refractivity contribution in [3.8, 4) is 0 Å². The molecule has 6 heteroatoms. The Morgan fingerprint density at radius 2 is 1.95 bits per heavy atom. The largest absolute Gasteiger partial charge is 0.405 e. The molecule has 1 atom stereocenters. The molecule has 0 amide bonds. The molecule has 0 bridgehead atoms. The number of nitrogens with one attached hydrogen (secondary N) is 1. The van der Waals surface area contributed by atoms with Crippen LogP contribution in [-0.2, 0) is 0 Å². The highest BCUT2D eigenvalue weighted by molar-refractivity contribution is 5.55. The predicted molar refractivity (Wildman–Crippen MR) is 72.4 cm³/mol. The number of hydrogen-bond donors (Lipinski definition) is 1. The highest BCUT2D eigenvalue weighted by atomic mass is 19.4. The second-order valence-corrected chi connectivity index (χ2v) is 4.82. The Bertz CT molecular complexity index is 432. The number of nitrogens with zero attached hydrogens (tertiary/aromatic N) is 1. The fraction of sp³-hybridized carbons (Fsp3) is 0.571. The van der Waals surface area contributed by atoms with Crippen molar-refractivity contribution in [1.29, 1.82) is 0 Å². The molecule has 0 spiro atoms. The van der Waals surface area contributed by atoms with Gasteiger partial charge in [0.25, 0.3) is 0 Å². The average Bonchev–Trinajstić information content (AvgIpc) is 2.33. The quantitative estimate of drug-likeness (QED) is 0.800. The molecule has 0 fully saturated rings. The van der Waals surface area contributed by atoms with Crippen LogP contribution in [0, 0.1) is 5.82 Å². The van der Waals surface area contributed by atoms with Crippen molar-refractivity contribution >= 4 is 5.69 Å². The van der Waals surface area contributed by atoms with Crippen LogP contribution in [0.4, 0.5) is 23.2 Å². The molecule has 1 aromatic carbocycles. The molecule has 20 heavy (non-hydrogen) atoms. The summed E-state index contributed by atoms with van der Waals surface area (Å²) in [6, 6.07) is 4.13. The van der Waals surface area contributed by atoms with Gasteiger partial charge < -0.3 is 10.2 Å². The van der Waals surface area contributed by atoms with E-state index < -0.39 is 18.5 Å². The van der Waals surface area contributed by atoms with Crippen LogP contribution in [-0.4, -0.2) is 26.3 Å². The van der Waals surface area contributed by atoms with Crippen LogP contribution in [0.5, 0.6) is 0 Å². The number of hydrogen-bond acceptors (Lipinski definition) is 2. The number of alkyl halides is 3. The van der Waals surface area contributed by atoms with Crippen molar-refractivity contribution in [3.05, 3.63) is 29.6 Å². The van der Waals surface area contributed by atoms with Gasteiger partial charge in [0.2, 0.25) is 0 Å². The van der Waals surface area contributed by atoms with Crippen molar-refractivity contribution in [2.45, 2.75) is 32.5 Å². The van der Waals surface area contributed by atoms with Gasteiger partial charge in [-0.05, 0) is 31.5 Å². The summed E-state index contributed by atoms with van der Waals surface area (Å²) in [4.78, 5) is 0.912. The summed E-state index contributed by atoms with van der Waals surface area (Å²) < 4.78 is 51.4. The maximum Gasteiger partial charge on any atom is 0.405 e. The normalized spacial score (nSPS) is 13.3. The molecule has 1 unspecified atom stereocenters. The molecule has 2 nitrogen and oxygen atoms in total. The van der Waals surface area contributed by atoms with E-state index in [9.17, 15) is 17.6 Å². The molecule has 1 N–H and O–H groups in total. The van der Waals surface area contributed by atoms with Crippen molar-refractivity contribution in [2.24, 2.45) is 0 Å². The summed E-state index contributed by atoms with van der Waals surface area (Å²) in [5, 5.41) is 3.16. The molecular formula is C14H20F4N2. The van der Waals surface area contributed by atoms with Crippen molar-refractivity contribution in [1.82, 2.24) is 5.32 Å². The lowest BCUT2D eigenvalue weighted by molar-refractivity contribution is -0.119. The zero-order valence-corrected chi connectivity index (χ0v) is 11.9. The average molecular weight is 292 g/mol. The van der Waals surface area contributed by atoms with Gasteiger partial charge in [0.05, 0.1) is 5.69 Å². The molecule has 0 aliphatic carbocycles. The smallest absolute Gasteiger partial charge is 0.363 e. The van der Waals surface area contributed by atoms with Gasteiger partial charge >= 0.3 is 6.18 Å². The predicted octanol–water partition coefficient (Wildman–Crippen LogP) is 3.88. The Hall–Kier alpha value is -1.30. The van der Waals surface area contributed by atoms with Crippen LogP contribution in [0.15, 0.2) is 18.2 Å². The van der Waals surface area contributed by atoms with E-state index in [-0.39, 0.29) is 11.7 Å². The topological polar surface area (TPSA) is 15.3 Å². The van der Waals surface area contributed by atoms with E-state index in [0.29, 0.717) is 5.56 Å². The van der Waals surface area contributed by atoms with E-state index in [1.807, 2.05) is 13.8 Å². The first kappa shape index (κ1) is 16.8. The summed E-state index contributed by atoms with van der Waals surface area (Å²) in [5.74, 6) is -0.639. The van der Waals surface area contributed by atoms with E-state index in [4.69, 9.17) is 0 Å². The molecule has 1 rings (SSSR count). The first-order valence-electron chi connectivity index (χ1n) is 6.56. The van der Waals surface area contributed by atoms with E-state index in [2.05, 4.69) is 5.32 Å². The Balaban J connectivity index is 3.04. The molecule has 0 saturated heterocycles. The monoisotopic (exact) mass is 292 g/mol. The number of benzene rings is 1. The lowest BCUT2D eigenvalue weighted by Gasteiger charge is -2.26. The second kappa shape index (κ2) is 6.92. The van der Waals surface area contributed by atoms with E-state index >= 15 is 0 Å². The molecule has 1 aromatic rings. The minimum absolute atomic E-state index is 0.000859. The van der Waals surface area contributed by atoms with Crippen LogP contribution < -0.4 is 10.2 Å². The summed E-state index contributed by atoms with van der Waals surface area (Å²) in [6.45, 7) is 3.35. The maximum atomic E-state index is 13.9. The Morgan fingerprint density at radius 1 is 1.30 bits per heavy atom. The van der Waals surface area contributed by atoms with Crippen molar-refractivity contribution in [3.63, 3.8) is 0 Å². The van der Waals surface area contributed by atoms with Gasteiger partial charge in [-0.15, -0.1) is 0 Å². The van der Waals surface area contributed by atoms with Crippen LogP contribution >= 0.6 is 0 Å². The SMILES string of the molecule is CCCNC(C)c1cccc(F)c1N(C)CC(F)(F)F. The first-order chi connectivity index (χ1) is 9.26. The van der Waals surface area contributed by atoms with Crippen molar-refractivity contribution in [2.75, 3.05) is 25.0 Å². The molecule has 0 radical (unpaired) electrons. The molecule has 114 valence electrons. The molecule has 0 aliphatic rings. The molecule has 0 aliphatic heterocycles. The van der Waals surface area contributed by atoms with Crippen LogP contribution in [0.3, 0.4) is 0 Å². The maximum absolute atomic E-state index is 13.9. The van der Waals surface area contributed by atoms with E-state index in [0.717, 1.165) is 17.9 Å². The molecule has 0 saturated carbocycles. The van der Waals surface area contributed by atoms with Crippen molar-refractivity contribution < 1.29 is 17.6 Å². The number of para-hydroxylation sites is 1. The molecule has 0 aromatic heterocycles. The fourth-order valence-corrected chi connectivity index (χ4v) is 2.10. The van der Waals surface area contributed by atoms with Gasteiger partial charge in [-0.25, -0.2) is 4.39 Å². The zero-order chi connectivity index (χ0) is 15.3. The highest BCUT2D eigenvalue weighted by Crippen LogP contribution is 2.30. The Labute approximate surface area is 116 Å². The van der Waals surface area contributed by atoms with Gasteiger partial charge in [-0.3, -0.25) is 0 Å².